The first-order valence-corrected chi connectivity index (χ1v) is 8.93. The van der Waals surface area contributed by atoms with Crippen molar-refractivity contribution in [3.63, 3.8) is 0 Å². The first kappa shape index (κ1) is 15.9. The van der Waals surface area contributed by atoms with Gasteiger partial charge in [-0.25, -0.2) is 4.98 Å². The van der Waals surface area contributed by atoms with Gasteiger partial charge >= 0.3 is 0 Å². The molecule has 0 bridgehead atoms. The number of aromatic nitrogens is 1. The Morgan fingerprint density at radius 3 is 2.68 bits per heavy atom. The third-order valence-electron chi connectivity index (χ3n) is 5.06. The summed E-state index contributed by atoms with van der Waals surface area (Å²) in [5, 5.41) is 0. The molecule has 5 heteroatoms. The van der Waals surface area contributed by atoms with Crippen LogP contribution in [0.3, 0.4) is 0 Å². The van der Waals surface area contributed by atoms with Gasteiger partial charge in [0.2, 0.25) is 5.91 Å². The number of aryl methyl sites for hydroxylation is 1. The van der Waals surface area contributed by atoms with Crippen molar-refractivity contribution in [3.05, 3.63) is 48.2 Å². The van der Waals surface area contributed by atoms with Gasteiger partial charge in [0.25, 0.3) is 0 Å². The van der Waals surface area contributed by atoms with E-state index in [-0.39, 0.29) is 11.8 Å². The van der Waals surface area contributed by atoms with Crippen molar-refractivity contribution in [2.24, 2.45) is 5.92 Å². The monoisotopic (exact) mass is 337 g/mol. The van der Waals surface area contributed by atoms with E-state index < -0.39 is 0 Å². The lowest BCUT2D eigenvalue weighted by molar-refractivity contribution is -0.123. The summed E-state index contributed by atoms with van der Waals surface area (Å²) in [6, 6.07) is 12.0. The molecular formula is C20H23N3O2. The molecule has 0 radical (unpaired) electrons. The van der Waals surface area contributed by atoms with Crippen LogP contribution in [-0.2, 0) is 4.79 Å². The molecule has 2 aromatic rings. The Bertz CT molecular complexity index is 752. The summed E-state index contributed by atoms with van der Waals surface area (Å²) in [5.41, 5.74) is 2.07. The molecule has 0 N–H and O–H groups in total. The number of anilines is 2. The van der Waals surface area contributed by atoms with Crippen molar-refractivity contribution in [3.8, 4) is 5.75 Å². The lowest BCUT2D eigenvalue weighted by Gasteiger charge is -2.36. The standard InChI is InChI=1S/C20H23N3O2/c1-15-6-7-19(21-14-15)22-10-8-16(9-11-22)20(24)23-12-13-25-18-5-3-2-4-17(18)23/h2-7,14,16H,8-13H2,1H3. The Morgan fingerprint density at radius 2 is 1.92 bits per heavy atom. The molecule has 2 aliphatic heterocycles. The zero-order chi connectivity index (χ0) is 17.2. The maximum absolute atomic E-state index is 13.0. The number of pyridine rings is 1. The van der Waals surface area contributed by atoms with E-state index >= 15 is 0 Å². The van der Waals surface area contributed by atoms with Crippen LogP contribution >= 0.6 is 0 Å². The zero-order valence-corrected chi connectivity index (χ0v) is 14.5. The molecule has 0 unspecified atom stereocenters. The van der Waals surface area contributed by atoms with Crippen molar-refractivity contribution < 1.29 is 9.53 Å². The van der Waals surface area contributed by atoms with Crippen LogP contribution in [0.15, 0.2) is 42.6 Å². The number of carbonyl (C=O) groups is 1. The Morgan fingerprint density at radius 1 is 1.12 bits per heavy atom. The first-order valence-electron chi connectivity index (χ1n) is 8.93. The van der Waals surface area contributed by atoms with E-state index in [1.807, 2.05) is 42.3 Å². The van der Waals surface area contributed by atoms with Gasteiger partial charge in [-0.15, -0.1) is 0 Å². The fraction of sp³-hybridized carbons (Fsp3) is 0.400. The highest BCUT2D eigenvalue weighted by atomic mass is 16.5. The molecule has 0 atom stereocenters. The van der Waals surface area contributed by atoms with Gasteiger partial charge in [0, 0.05) is 25.2 Å². The Hall–Kier alpha value is -2.56. The number of nitrogens with zero attached hydrogens (tertiary/aromatic N) is 3. The van der Waals surface area contributed by atoms with Crippen LogP contribution < -0.4 is 14.5 Å². The molecule has 4 rings (SSSR count). The zero-order valence-electron chi connectivity index (χ0n) is 14.5. The SMILES string of the molecule is Cc1ccc(N2CCC(C(=O)N3CCOc4ccccc43)CC2)nc1. The molecule has 3 heterocycles. The fourth-order valence-corrected chi connectivity index (χ4v) is 3.62. The first-order chi connectivity index (χ1) is 12.2. The molecular weight excluding hydrogens is 314 g/mol. The minimum absolute atomic E-state index is 0.0767. The van der Waals surface area contributed by atoms with E-state index in [0.717, 1.165) is 43.2 Å². The predicted molar refractivity (Wildman–Crippen MR) is 98.2 cm³/mol. The van der Waals surface area contributed by atoms with Gasteiger partial charge in [0.15, 0.2) is 0 Å². The summed E-state index contributed by atoms with van der Waals surface area (Å²) < 4.78 is 5.67. The number of piperidine rings is 1. The van der Waals surface area contributed by atoms with Gasteiger partial charge in [-0.2, -0.15) is 0 Å². The molecule has 2 aliphatic rings. The summed E-state index contributed by atoms with van der Waals surface area (Å²) in [5.74, 6) is 2.12. The summed E-state index contributed by atoms with van der Waals surface area (Å²) in [6.45, 7) is 4.99. The number of hydrogen-bond acceptors (Lipinski definition) is 4. The summed E-state index contributed by atoms with van der Waals surface area (Å²) >= 11 is 0. The van der Waals surface area contributed by atoms with Crippen molar-refractivity contribution >= 4 is 17.4 Å². The average molecular weight is 337 g/mol. The lowest BCUT2D eigenvalue weighted by Crippen LogP contribution is -2.45. The van der Waals surface area contributed by atoms with Gasteiger partial charge in [0.05, 0.1) is 12.2 Å². The summed E-state index contributed by atoms with van der Waals surface area (Å²) in [6.07, 6.45) is 3.64. The average Bonchev–Trinajstić information content (AvgIpc) is 2.68. The van der Waals surface area contributed by atoms with Crippen LogP contribution in [0, 0.1) is 12.8 Å². The van der Waals surface area contributed by atoms with Crippen LogP contribution in [0.25, 0.3) is 0 Å². The van der Waals surface area contributed by atoms with Crippen molar-refractivity contribution in [2.75, 3.05) is 36.0 Å². The molecule has 1 saturated heterocycles. The second kappa shape index (κ2) is 6.75. The highest BCUT2D eigenvalue weighted by molar-refractivity contribution is 5.97. The quantitative estimate of drug-likeness (QED) is 0.845. The van der Waals surface area contributed by atoms with Crippen LogP contribution in [0.4, 0.5) is 11.5 Å². The third-order valence-corrected chi connectivity index (χ3v) is 5.06. The van der Waals surface area contributed by atoms with Crippen LogP contribution in [0.1, 0.15) is 18.4 Å². The number of fused-ring (bicyclic) bond motifs is 1. The molecule has 1 amide bonds. The molecule has 0 spiro atoms. The van der Waals surface area contributed by atoms with E-state index in [9.17, 15) is 4.79 Å². The van der Waals surface area contributed by atoms with E-state index in [4.69, 9.17) is 4.74 Å². The maximum Gasteiger partial charge on any atom is 0.230 e. The number of hydrogen-bond donors (Lipinski definition) is 0. The topological polar surface area (TPSA) is 45.7 Å². The molecule has 25 heavy (non-hydrogen) atoms. The summed E-state index contributed by atoms with van der Waals surface area (Å²) in [7, 11) is 0. The van der Waals surface area contributed by atoms with Crippen LogP contribution in [-0.4, -0.2) is 37.1 Å². The maximum atomic E-state index is 13.0. The van der Waals surface area contributed by atoms with Gasteiger partial charge in [-0.3, -0.25) is 4.79 Å². The molecule has 130 valence electrons. The smallest absolute Gasteiger partial charge is 0.230 e. The number of ether oxygens (including phenoxy) is 1. The normalized spacial score (nSPS) is 17.8. The predicted octanol–water partition coefficient (Wildman–Crippen LogP) is 3.03. The van der Waals surface area contributed by atoms with Gasteiger partial charge in [-0.05, 0) is 43.5 Å². The van der Waals surface area contributed by atoms with E-state index in [2.05, 4.69) is 22.0 Å². The largest absolute Gasteiger partial charge is 0.490 e. The lowest BCUT2D eigenvalue weighted by atomic mass is 9.94. The molecule has 1 fully saturated rings. The highest BCUT2D eigenvalue weighted by Crippen LogP contribution is 2.33. The number of amides is 1. The van der Waals surface area contributed by atoms with Crippen molar-refractivity contribution in [2.45, 2.75) is 19.8 Å². The molecule has 0 aliphatic carbocycles. The summed E-state index contributed by atoms with van der Waals surface area (Å²) in [4.78, 5) is 21.7. The molecule has 0 saturated carbocycles. The van der Waals surface area contributed by atoms with E-state index in [1.54, 1.807) is 0 Å². The van der Waals surface area contributed by atoms with Gasteiger partial charge in [0.1, 0.15) is 18.2 Å². The fourth-order valence-electron chi connectivity index (χ4n) is 3.62. The second-order valence-electron chi connectivity index (χ2n) is 6.76. The Balaban J connectivity index is 1.43. The number of para-hydroxylation sites is 2. The van der Waals surface area contributed by atoms with Crippen molar-refractivity contribution in [1.82, 2.24) is 4.98 Å². The Kier molecular flexibility index (Phi) is 4.30. The molecule has 1 aromatic heterocycles. The second-order valence-corrected chi connectivity index (χ2v) is 6.76. The van der Waals surface area contributed by atoms with E-state index in [0.29, 0.717) is 13.2 Å². The van der Waals surface area contributed by atoms with E-state index in [1.165, 1.54) is 5.56 Å². The Labute approximate surface area is 148 Å². The molecule has 5 nitrogen and oxygen atoms in total. The van der Waals surface area contributed by atoms with Crippen molar-refractivity contribution in [1.29, 1.82) is 0 Å². The van der Waals surface area contributed by atoms with Gasteiger partial charge in [-0.1, -0.05) is 18.2 Å². The number of benzene rings is 1. The van der Waals surface area contributed by atoms with Crippen LogP contribution in [0.5, 0.6) is 5.75 Å². The van der Waals surface area contributed by atoms with Gasteiger partial charge < -0.3 is 14.5 Å². The van der Waals surface area contributed by atoms with Crippen LogP contribution in [0.2, 0.25) is 0 Å². The molecule has 1 aromatic carbocycles. The third kappa shape index (κ3) is 3.18. The minimum atomic E-state index is 0.0767. The highest BCUT2D eigenvalue weighted by Gasteiger charge is 2.32. The number of rotatable bonds is 2. The minimum Gasteiger partial charge on any atom is -0.490 e. The number of carbonyl (C=O) groups excluding carboxylic acids is 1.